The van der Waals surface area contributed by atoms with Crippen molar-refractivity contribution < 1.29 is 13.5 Å². The highest BCUT2D eigenvalue weighted by molar-refractivity contribution is 7.99. The van der Waals surface area contributed by atoms with Gasteiger partial charge in [0.2, 0.25) is 10.0 Å². The van der Waals surface area contributed by atoms with E-state index in [0.29, 0.717) is 18.5 Å². The quantitative estimate of drug-likeness (QED) is 0.837. The van der Waals surface area contributed by atoms with Crippen molar-refractivity contribution in [2.45, 2.75) is 24.3 Å². The Bertz CT molecular complexity index is 650. The largest absolute Gasteiger partial charge is 0.395 e. The number of hydrogen-bond donors (Lipinski definition) is 1. The smallest absolute Gasteiger partial charge is 0.244 e. The van der Waals surface area contributed by atoms with Crippen molar-refractivity contribution in [3.63, 3.8) is 0 Å². The number of hydrogen-bond acceptors (Lipinski definition) is 5. The Morgan fingerprint density at radius 3 is 3.05 bits per heavy atom. The van der Waals surface area contributed by atoms with Gasteiger partial charge in [0.15, 0.2) is 0 Å². The summed E-state index contributed by atoms with van der Waals surface area (Å²) in [4.78, 5) is 4.15. The zero-order valence-corrected chi connectivity index (χ0v) is 13.5. The molecule has 1 unspecified atom stereocenters. The first kappa shape index (κ1) is 16.3. The molecule has 0 amide bonds. The summed E-state index contributed by atoms with van der Waals surface area (Å²) in [6.07, 6.45) is 3.25. The van der Waals surface area contributed by atoms with Crippen LogP contribution in [0, 0.1) is 11.8 Å². The number of aliphatic hydroxyl groups is 1. The Morgan fingerprint density at radius 2 is 2.33 bits per heavy atom. The molecule has 5 nitrogen and oxygen atoms in total. The summed E-state index contributed by atoms with van der Waals surface area (Å²) in [6, 6.07) is 1.53. The van der Waals surface area contributed by atoms with Gasteiger partial charge in [-0.1, -0.05) is 11.8 Å². The van der Waals surface area contributed by atoms with Crippen LogP contribution in [0.2, 0.25) is 0 Å². The summed E-state index contributed by atoms with van der Waals surface area (Å²) >= 11 is 1.77. The molecule has 114 valence electrons. The minimum atomic E-state index is -3.52. The van der Waals surface area contributed by atoms with Gasteiger partial charge in [0.25, 0.3) is 0 Å². The normalized spacial score (nSPS) is 19.8. The van der Waals surface area contributed by atoms with Gasteiger partial charge in [-0.2, -0.15) is 16.1 Å². The van der Waals surface area contributed by atoms with Crippen molar-refractivity contribution in [2.24, 2.45) is 0 Å². The first-order valence-corrected chi connectivity index (χ1v) is 9.29. The standard InChI is InChI=1S/C14H18N2O3S2/c1-12-11-20-7-5-16(12)21(18,19)14-8-13(9-15-10-14)4-2-3-6-17/h8-10,12,17H,3,5-7,11H2,1H3. The minimum absolute atomic E-state index is 0.0125. The first-order valence-electron chi connectivity index (χ1n) is 6.70. The molecule has 1 saturated heterocycles. The molecule has 1 N–H and O–H groups in total. The van der Waals surface area contributed by atoms with Crippen molar-refractivity contribution in [3.8, 4) is 11.8 Å². The molecule has 21 heavy (non-hydrogen) atoms. The molecule has 0 aliphatic carbocycles. The molecule has 1 aliphatic rings. The van der Waals surface area contributed by atoms with E-state index in [-0.39, 0.29) is 17.5 Å². The fraction of sp³-hybridized carbons (Fsp3) is 0.500. The molecule has 1 atom stereocenters. The molecule has 7 heteroatoms. The lowest BCUT2D eigenvalue weighted by Gasteiger charge is -2.31. The summed E-state index contributed by atoms with van der Waals surface area (Å²) < 4.78 is 26.9. The van der Waals surface area contributed by atoms with Crippen LogP contribution in [0.5, 0.6) is 0 Å². The predicted octanol–water partition coefficient (Wildman–Crippen LogP) is 0.942. The Kier molecular flexibility index (Phi) is 5.65. The third kappa shape index (κ3) is 3.98. The van der Waals surface area contributed by atoms with Gasteiger partial charge in [0.1, 0.15) is 4.90 Å². The molecule has 0 radical (unpaired) electrons. The third-order valence-corrected chi connectivity index (χ3v) is 6.26. The van der Waals surface area contributed by atoms with Crippen LogP contribution in [0.25, 0.3) is 0 Å². The number of sulfonamides is 1. The van der Waals surface area contributed by atoms with Gasteiger partial charge in [0.05, 0.1) is 6.61 Å². The number of aromatic nitrogens is 1. The van der Waals surface area contributed by atoms with Gasteiger partial charge in [-0.15, -0.1) is 0 Å². The van der Waals surface area contributed by atoms with Gasteiger partial charge >= 0.3 is 0 Å². The molecule has 0 aromatic carbocycles. The van der Waals surface area contributed by atoms with Crippen molar-refractivity contribution in [2.75, 3.05) is 24.7 Å². The van der Waals surface area contributed by atoms with Crippen molar-refractivity contribution in [3.05, 3.63) is 24.0 Å². The number of rotatable bonds is 3. The summed E-state index contributed by atoms with van der Waals surface area (Å²) in [7, 11) is -3.52. The van der Waals surface area contributed by atoms with E-state index in [0.717, 1.165) is 11.5 Å². The van der Waals surface area contributed by atoms with Gasteiger partial charge in [-0.05, 0) is 13.0 Å². The Labute approximate surface area is 129 Å². The van der Waals surface area contributed by atoms with E-state index in [1.807, 2.05) is 6.92 Å². The van der Waals surface area contributed by atoms with E-state index in [1.165, 1.54) is 16.7 Å². The SMILES string of the molecule is CC1CSCCN1S(=O)(=O)c1cncc(C#CCCO)c1. The second-order valence-corrected chi connectivity index (χ2v) is 7.76. The van der Waals surface area contributed by atoms with Crippen LogP contribution in [0.4, 0.5) is 0 Å². The summed E-state index contributed by atoms with van der Waals surface area (Å²) in [5, 5.41) is 8.70. The van der Waals surface area contributed by atoms with Crippen LogP contribution < -0.4 is 0 Å². The number of nitrogens with zero attached hydrogens (tertiary/aromatic N) is 2. The lowest BCUT2D eigenvalue weighted by Crippen LogP contribution is -2.44. The molecule has 0 bridgehead atoms. The fourth-order valence-corrected chi connectivity index (χ4v) is 4.90. The summed E-state index contributed by atoms with van der Waals surface area (Å²) in [5.41, 5.74) is 0.545. The maximum Gasteiger partial charge on any atom is 0.244 e. The number of pyridine rings is 1. The summed E-state index contributed by atoms with van der Waals surface area (Å²) in [5.74, 6) is 7.20. The maximum atomic E-state index is 12.7. The monoisotopic (exact) mass is 326 g/mol. The molecule has 2 heterocycles. The second-order valence-electron chi connectivity index (χ2n) is 4.72. The zero-order chi connectivity index (χ0) is 15.3. The van der Waals surface area contributed by atoms with Crippen LogP contribution in [-0.4, -0.2) is 53.5 Å². The summed E-state index contributed by atoms with van der Waals surface area (Å²) in [6.45, 7) is 2.43. The average molecular weight is 326 g/mol. The first-order chi connectivity index (χ1) is 10.1. The lowest BCUT2D eigenvalue weighted by atomic mass is 10.3. The van der Waals surface area contributed by atoms with Crippen LogP contribution in [-0.2, 0) is 10.0 Å². The van der Waals surface area contributed by atoms with Crippen molar-refractivity contribution >= 4 is 21.8 Å². The van der Waals surface area contributed by atoms with Gasteiger partial charge < -0.3 is 5.11 Å². The lowest BCUT2D eigenvalue weighted by molar-refractivity contribution is 0.305. The fourth-order valence-electron chi connectivity index (χ4n) is 2.05. The minimum Gasteiger partial charge on any atom is -0.395 e. The molecule has 0 saturated carbocycles. The Hall–Kier alpha value is -1.07. The Morgan fingerprint density at radius 1 is 1.52 bits per heavy atom. The highest BCUT2D eigenvalue weighted by Crippen LogP contribution is 2.24. The topological polar surface area (TPSA) is 70.5 Å². The van der Waals surface area contributed by atoms with Crippen LogP contribution in [0.15, 0.2) is 23.4 Å². The predicted molar refractivity (Wildman–Crippen MR) is 83.5 cm³/mol. The van der Waals surface area contributed by atoms with E-state index in [1.54, 1.807) is 17.8 Å². The number of thioether (sulfide) groups is 1. The number of aliphatic hydroxyl groups excluding tert-OH is 1. The molecule has 1 aromatic heterocycles. The van der Waals surface area contributed by atoms with Gasteiger partial charge in [-0.3, -0.25) is 4.98 Å². The Balaban J connectivity index is 2.28. The molecule has 1 fully saturated rings. The molecule has 0 spiro atoms. The highest BCUT2D eigenvalue weighted by Gasteiger charge is 2.31. The van der Waals surface area contributed by atoms with Crippen molar-refractivity contribution in [1.82, 2.24) is 9.29 Å². The molecule has 2 rings (SSSR count). The van der Waals surface area contributed by atoms with Crippen molar-refractivity contribution in [1.29, 1.82) is 0 Å². The maximum absolute atomic E-state index is 12.7. The van der Waals surface area contributed by atoms with E-state index >= 15 is 0 Å². The van der Waals surface area contributed by atoms with Gasteiger partial charge in [-0.25, -0.2) is 8.42 Å². The van der Waals surface area contributed by atoms with E-state index < -0.39 is 10.0 Å². The second kappa shape index (κ2) is 7.27. The average Bonchev–Trinajstić information content (AvgIpc) is 2.48. The molecule has 1 aromatic rings. The molecular weight excluding hydrogens is 308 g/mol. The van der Waals surface area contributed by atoms with Gasteiger partial charge in [0, 0.05) is 48.5 Å². The van der Waals surface area contributed by atoms with E-state index in [4.69, 9.17) is 5.11 Å². The van der Waals surface area contributed by atoms with E-state index in [9.17, 15) is 8.42 Å². The third-order valence-electron chi connectivity index (χ3n) is 3.10. The van der Waals surface area contributed by atoms with Crippen LogP contribution in [0.3, 0.4) is 0 Å². The highest BCUT2D eigenvalue weighted by atomic mass is 32.2. The molecular formula is C14H18N2O3S2. The van der Waals surface area contributed by atoms with E-state index in [2.05, 4.69) is 16.8 Å². The molecule has 1 aliphatic heterocycles. The van der Waals surface area contributed by atoms with Crippen LogP contribution >= 0.6 is 11.8 Å². The van der Waals surface area contributed by atoms with Crippen LogP contribution in [0.1, 0.15) is 18.9 Å². The zero-order valence-electron chi connectivity index (χ0n) is 11.8.